The first-order valence-electron chi connectivity index (χ1n) is 8.44. The number of methoxy groups -OCH3 is 1. The van der Waals surface area contributed by atoms with Gasteiger partial charge in [0.1, 0.15) is 5.75 Å². The van der Waals surface area contributed by atoms with Gasteiger partial charge in [0.05, 0.1) is 17.6 Å². The number of anilines is 1. The van der Waals surface area contributed by atoms with Gasteiger partial charge in [-0.3, -0.25) is 4.79 Å². The molecule has 2 aromatic carbocycles. The van der Waals surface area contributed by atoms with Crippen LogP contribution < -0.4 is 14.8 Å². The molecule has 0 aliphatic heterocycles. The largest absolute Gasteiger partial charge is 0.497 e. The van der Waals surface area contributed by atoms with E-state index in [0.29, 0.717) is 11.4 Å². The van der Waals surface area contributed by atoms with Crippen molar-refractivity contribution >= 4 is 27.6 Å². The van der Waals surface area contributed by atoms with E-state index in [-0.39, 0.29) is 16.5 Å². The number of carbonyl (C=O) groups excluding carboxylic acids is 2. The van der Waals surface area contributed by atoms with Crippen molar-refractivity contribution < 1.29 is 27.5 Å². The highest BCUT2D eigenvalue weighted by atomic mass is 32.2. The van der Waals surface area contributed by atoms with Crippen molar-refractivity contribution in [1.29, 1.82) is 0 Å². The minimum Gasteiger partial charge on any atom is -0.497 e. The molecule has 2 aromatic rings. The molecule has 0 aliphatic rings. The number of nitrogens with one attached hydrogen (secondary N) is 2. The van der Waals surface area contributed by atoms with E-state index in [9.17, 15) is 18.0 Å². The molecule has 2 N–H and O–H groups in total. The standard InChI is InChI=1S/C19H22N2O6S/c1-13(2)21-28(24,25)17-9-4-6-14(10-17)19(23)27-12-18(22)20-15-7-5-8-16(11-15)26-3/h4-11,13,21H,12H2,1-3H3,(H,20,22). The summed E-state index contributed by atoms with van der Waals surface area (Å²) in [5.41, 5.74) is 0.522. The molecule has 0 atom stereocenters. The van der Waals surface area contributed by atoms with Crippen LogP contribution in [0.4, 0.5) is 5.69 Å². The Morgan fingerprint density at radius 1 is 1.07 bits per heavy atom. The highest BCUT2D eigenvalue weighted by Gasteiger charge is 2.18. The van der Waals surface area contributed by atoms with Gasteiger partial charge >= 0.3 is 5.97 Å². The van der Waals surface area contributed by atoms with Gasteiger partial charge in [-0.15, -0.1) is 0 Å². The number of sulfonamides is 1. The zero-order valence-electron chi connectivity index (χ0n) is 15.8. The van der Waals surface area contributed by atoms with E-state index in [4.69, 9.17) is 9.47 Å². The molecule has 0 fully saturated rings. The Morgan fingerprint density at radius 2 is 1.79 bits per heavy atom. The van der Waals surface area contributed by atoms with Crippen LogP contribution in [-0.2, 0) is 19.6 Å². The van der Waals surface area contributed by atoms with Gasteiger partial charge < -0.3 is 14.8 Å². The highest BCUT2D eigenvalue weighted by molar-refractivity contribution is 7.89. The maximum atomic E-state index is 12.2. The molecule has 0 saturated heterocycles. The predicted molar refractivity (Wildman–Crippen MR) is 104 cm³/mol. The smallest absolute Gasteiger partial charge is 0.338 e. The van der Waals surface area contributed by atoms with Crippen molar-refractivity contribution in [1.82, 2.24) is 4.72 Å². The van der Waals surface area contributed by atoms with Gasteiger partial charge in [0.15, 0.2) is 6.61 Å². The molecule has 1 amide bonds. The van der Waals surface area contributed by atoms with Gasteiger partial charge in [0.2, 0.25) is 10.0 Å². The second kappa shape index (κ2) is 9.34. The van der Waals surface area contributed by atoms with E-state index < -0.39 is 28.5 Å². The molecule has 0 aliphatic carbocycles. The van der Waals surface area contributed by atoms with Gasteiger partial charge in [0.25, 0.3) is 5.91 Å². The summed E-state index contributed by atoms with van der Waals surface area (Å²) in [6.07, 6.45) is 0. The number of ether oxygens (including phenoxy) is 2. The molecule has 8 nitrogen and oxygen atoms in total. The Hall–Kier alpha value is -2.91. The molecule has 150 valence electrons. The Balaban J connectivity index is 1.99. The first-order valence-corrected chi connectivity index (χ1v) is 9.93. The van der Waals surface area contributed by atoms with E-state index in [1.165, 1.54) is 31.4 Å². The lowest BCUT2D eigenvalue weighted by atomic mass is 10.2. The number of benzene rings is 2. The third kappa shape index (κ3) is 6.07. The van der Waals surface area contributed by atoms with Gasteiger partial charge in [-0.2, -0.15) is 0 Å². The normalized spacial score (nSPS) is 11.1. The molecular weight excluding hydrogens is 384 g/mol. The first kappa shape index (κ1) is 21.4. The summed E-state index contributed by atoms with van der Waals surface area (Å²) in [4.78, 5) is 24.1. The second-order valence-corrected chi connectivity index (χ2v) is 7.87. The molecule has 28 heavy (non-hydrogen) atoms. The molecule has 0 unspecified atom stereocenters. The zero-order valence-corrected chi connectivity index (χ0v) is 16.6. The molecule has 0 saturated carbocycles. The van der Waals surface area contributed by atoms with Gasteiger partial charge in [-0.05, 0) is 44.2 Å². The highest BCUT2D eigenvalue weighted by Crippen LogP contribution is 2.17. The minimum absolute atomic E-state index is 0.0285. The Morgan fingerprint density at radius 3 is 2.46 bits per heavy atom. The fourth-order valence-electron chi connectivity index (χ4n) is 2.28. The number of carbonyl (C=O) groups is 2. The third-order valence-corrected chi connectivity index (χ3v) is 5.11. The Bertz CT molecular complexity index is 956. The summed E-state index contributed by atoms with van der Waals surface area (Å²) < 4.78 is 36.9. The van der Waals surface area contributed by atoms with Gasteiger partial charge in [-0.25, -0.2) is 17.9 Å². The number of hydrogen-bond acceptors (Lipinski definition) is 6. The van der Waals surface area contributed by atoms with Crippen molar-refractivity contribution in [2.45, 2.75) is 24.8 Å². The second-order valence-electron chi connectivity index (χ2n) is 6.16. The van der Waals surface area contributed by atoms with Crippen LogP contribution >= 0.6 is 0 Å². The molecule has 0 spiro atoms. The summed E-state index contributed by atoms with van der Waals surface area (Å²) in [5, 5.41) is 2.58. The number of rotatable bonds is 8. The summed E-state index contributed by atoms with van der Waals surface area (Å²) in [5.74, 6) is -0.767. The van der Waals surface area contributed by atoms with Crippen LogP contribution in [0.2, 0.25) is 0 Å². The van der Waals surface area contributed by atoms with E-state index >= 15 is 0 Å². The van der Waals surface area contributed by atoms with Gasteiger partial charge in [0, 0.05) is 17.8 Å². The van der Waals surface area contributed by atoms with Crippen molar-refractivity contribution in [3.05, 3.63) is 54.1 Å². The van der Waals surface area contributed by atoms with Crippen LogP contribution in [-0.4, -0.2) is 40.1 Å². The van der Waals surface area contributed by atoms with Crippen molar-refractivity contribution in [3.8, 4) is 5.75 Å². The molecule has 0 bridgehead atoms. The molecule has 2 rings (SSSR count). The lowest BCUT2D eigenvalue weighted by molar-refractivity contribution is -0.119. The van der Waals surface area contributed by atoms with Crippen LogP contribution in [0.15, 0.2) is 53.4 Å². The van der Waals surface area contributed by atoms with E-state index in [2.05, 4.69) is 10.0 Å². The van der Waals surface area contributed by atoms with Crippen LogP contribution in [0.25, 0.3) is 0 Å². The average molecular weight is 406 g/mol. The molecular formula is C19H22N2O6S. The Kier molecular flexibility index (Phi) is 7.13. The van der Waals surface area contributed by atoms with Crippen LogP contribution in [0.1, 0.15) is 24.2 Å². The molecule has 0 radical (unpaired) electrons. The molecule has 0 heterocycles. The van der Waals surface area contributed by atoms with Crippen molar-refractivity contribution in [3.63, 3.8) is 0 Å². The fraction of sp³-hybridized carbons (Fsp3) is 0.263. The Labute approximate surface area is 163 Å². The van der Waals surface area contributed by atoms with E-state index in [1.807, 2.05) is 0 Å². The van der Waals surface area contributed by atoms with E-state index in [1.54, 1.807) is 38.1 Å². The van der Waals surface area contributed by atoms with Crippen molar-refractivity contribution in [2.24, 2.45) is 0 Å². The number of hydrogen-bond donors (Lipinski definition) is 2. The fourth-order valence-corrected chi connectivity index (χ4v) is 3.58. The van der Waals surface area contributed by atoms with Gasteiger partial charge in [-0.1, -0.05) is 12.1 Å². The SMILES string of the molecule is COc1cccc(NC(=O)COC(=O)c2cccc(S(=O)(=O)NC(C)C)c2)c1. The van der Waals surface area contributed by atoms with Crippen LogP contribution in [0.3, 0.4) is 0 Å². The monoisotopic (exact) mass is 406 g/mol. The average Bonchev–Trinajstić information content (AvgIpc) is 2.65. The zero-order chi connectivity index (χ0) is 20.7. The maximum absolute atomic E-state index is 12.2. The first-order chi connectivity index (χ1) is 13.2. The lowest BCUT2D eigenvalue weighted by Gasteiger charge is -2.11. The van der Waals surface area contributed by atoms with Crippen LogP contribution in [0, 0.1) is 0 Å². The summed E-state index contributed by atoms with van der Waals surface area (Å²) in [7, 11) is -2.24. The summed E-state index contributed by atoms with van der Waals surface area (Å²) in [6, 6.07) is 11.8. The van der Waals surface area contributed by atoms with E-state index in [0.717, 1.165) is 0 Å². The summed E-state index contributed by atoms with van der Waals surface area (Å²) >= 11 is 0. The molecule has 9 heteroatoms. The predicted octanol–water partition coefficient (Wildman–Crippen LogP) is 2.18. The maximum Gasteiger partial charge on any atom is 0.338 e. The van der Waals surface area contributed by atoms with Crippen LogP contribution in [0.5, 0.6) is 5.75 Å². The lowest BCUT2D eigenvalue weighted by Crippen LogP contribution is -2.30. The minimum atomic E-state index is -3.74. The topological polar surface area (TPSA) is 111 Å². The molecule has 0 aromatic heterocycles. The number of amides is 1. The summed E-state index contributed by atoms with van der Waals surface area (Å²) in [6.45, 7) is 2.87. The van der Waals surface area contributed by atoms with Crippen molar-refractivity contribution in [2.75, 3.05) is 19.0 Å². The number of esters is 1. The third-order valence-electron chi connectivity index (χ3n) is 3.46. The quantitative estimate of drug-likeness (QED) is 0.650.